The second kappa shape index (κ2) is 8.00. The maximum Gasteiger partial charge on any atom is 0.253 e. The first kappa shape index (κ1) is 15.8. The Balaban J connectivity index is 2.64. The Morgan fingerprint density at radius 2 is 2.10 bits per heavy atom. The van der Waals surface area contributed by atoms with Gasteiger partial charge in [0.2, 0.25) is 5.91 Å². The number of rotatable bonds is 7. The van der Waals surface area contributed by atoms with E-state index in [-0.39, 0.29) is 18.4 Å². The van der Waals surface area contributed by atoms with Crippen LogP contribution in [0.3, 0.4) is 0 Å². The summed E-state index contributed by atoms with van der Waals surface area (Å²) in [6.07, 6.45) is 0. The molecule has 0 heterocycles. The van der Waals surface area contributed by atoms with Crippen molar-refractivity contribution < 1.29 is 14.3 Å². The third-order valence-corrected chi connectivity index (χ3v) is 2.58. The summed E-state index contributed by atoms with van der Waals surface area (Å²) in [5, 5.41) is 8.11. The molecule has 0 radical (unpaired) electrons. The van der Waals surface area contributed by atoms with Crippen molar-refractivity contribution in [2.45, 2.75) is 0 Å². The minimum atomic E-state index is -0.243. The van der Waals surface area contributed by atoms with Gasteiger partial charge in [-0.3, -0.25) is 9.59 Å². The number of amides is 2. The van der Waals surface area contributed by atoms with Crippen molar-refractivity contribution in [3.8, 4) is 0 Å². The predicted molar refractivity (Wildman–Crippen MR) is 77.6 cm³/mol. The van der Waals surface area contributed by atoms with E-state index in [1.54, 1.807) is 32.4 Å². The van der Waals surface area contributed by atoms with Gasteiger partial charge in [0.25, 0.3) is 5.91 Å². The molecule has 5 N–H and O–H groups in total. The first-order valence-electron chi connectivity index (χ1n) is 6.19. The Bertz CT molecular complexity index is 477. The van der Waals surface area contributed by atoms with E-state index in [2.05, 4.69) is 16.0 Å². The van der Waals surface area contributed by atoms with Crippen LogP contribution in [0.4, 0.5) is 11.4 Å². The van der Waals surface area contributed by atoms with Crippen LogP contribution in [-0.4, -0.2) is 45.7 Å². The number of nitrogens with two attached hydrogens (primary N) is 1. The zero-order valence-corrected chi connectivity index (χ0v) is 11.7. The van der Waals surface area contributed by atoms with E-state index in [9.17, 15) is 9.59 Å². The molecule has 0 fully saturated rings. The van der Waals surface area contributed by atoms with Crippen LogP contribution >= 0.6 is 0 Å². The van der Waals surface area contributed by atoms with Crippen LogP contribution < -0.4 is 21.7 Å². The molecule has 0 aliphatic heterocycles. The lowest BCUT2D eigenvalue weighted by Gasteiger charge is -2.12. The molecule has 7 nitrogen and oxygen atoms in total. The molecule has 0 aliphatic carbocycles. The van der Waals surface area contributed by atoms with Crippen molar-refractivity contribution in [2.24, 2.45) is 0 Å². The molecule has 2 amide bonds. The van der Waals surface area contributed by atoms with Gasteiger partial charge in [-0.1, -0.05) is 0 Å². The fourth-order valence-electron chi connectivity index (χ4n) is 1.57. The van der Waals surface area contributed by atoms with Gasteiger partial charge in [0.1, 0.15) is 0 Å². The van der Waals surface area contributed by atoms with E-state index in [4.69, 9.17) is 10.5 Å². The zero-order valence-electron chi connectivity index (χ0n) is 11.7. The number of ether oxygens (including phenoxy) is 1. The fourth-order valence-corrected chi connectivity index (χ4v) is 1.57. The molecule has 0 aliphatic rings. The fraction of sp³-hybridized carbons (Fsp3) is 0.385. The Morgan fingerprint density at radius 1 is 1.35 bits per heavy atom. The van der Waals surface area contributed by atoms with Crippen LogP contribution in [0.5, 0.6) is 0 Å². The zero-order chi connectivity index (χ0) is 15.0. The predicted octanol–water partition coefficient (Wildman–Crippen LogP) is -0.197. The molecular formula is C13H20N4O3. The number of hydrogen-bond donors (Lipinski definition) is 4. The topological polar surface area (TPSA) is 105 Å². The van der Waals surface area contributed by atoms with Crippen LogP contribution in [0, 0.1) is 0 Å². The second-order valence-electron chi connectivity index (χ2n) is 4.08. The first-order chi connectivity index (χ1) is 9.58. The van der Waals surface area contributed by atoms with Gasteiger partial charge in [-0.05, 0) is 18.2 Å². The molecule has 7 heteroatoms. The third-order valence-electron chi connectivity index (χ3n) is 2.58. The van der Waals surface area contributed by atoms with Crippen LogP contribution in [0.2, 0.25) is 0 Å². The number of benzene rings is 1. The molecule has 0 aromatic heterocycles. The maximum absolute atomic E-state index is 11.7. The number of carbonyl (C=O) groups excluding carboxylic acids is 2. The van der Waals surface area contributed by atoms with Gasteiger partial charge in [0, 0.05) is 32.1 Å². The number of anilines is 2. The van der Waals surface area contributed by atoms with Crippen LogP contribution in [0.25, 0.3) is 0 Å². The summed E-state index contributed by atoms with van der Waals surface area (Å²) < 4.78 is 4.83. The van der Waals surface area contributed by atoms with E-state index < -0.39 is 0 Å². The normalized spacial score (nSPS) is 9.90. The summed E-state index contributed by atoms with van der Waals surface area (Å²) in [5.41, 5.74) is 7.15. The van der Waals surface area contributed by atoms with E-state index in [1.165, 1.54) is 0 Å². The van der Waals surface area contributed by atoms with Crippen molar-refractivity contribution in [2.75, 3.05) is 44.9 Å². The average Bonchev–Trinajstić information content (AvgIpc) is 2.44. The lowest BCUT2D eigenvalue weighted by molar-refractivity contribution is -0.119. The van der Waals surface area contributed by atoms with Gasteiger partial charge >= 0.3 is 0 Å². The summed E-state index contributed by atoms with van der Waals surface area (Å²) in [4.78, 5) is 23.3. The highest BCUT2D eigenvalue weighted by Gasteiger charge is 2.11. The Hall–Kier alpha value is -2.28. The molecule has 110 valence electrons. The Labute approximate surface area is 117 Å². The van der Waals surface area contributed by atoms with Crippen molar-refractivity contribution in [3.05, 3.63) is 23.8 Å². The molecule has 1 aromatic rings. The van der Waals surface area contributed by atoms with Crippen molar-refractivity contribution in [1.29, 1.82) is 0 Å². The molecular weight excluding hydrogens is 260 g/mol. The van der Waals surface area contributed by atoms with Crippen LogP contribution in [-0.2, 0) is 9.53 Å². The summed E-state index contributed by atoms with van der Waals surface area (Å²) >= 11 is 0. The van der Waals surface area contributed by atoms with Crippen molar-refractivity contribution >= 4 is 23.2 Å². The minimum absolute atomic E-state index is 0.0527. The molecule has 0 bridgehead atoms. The number of carbonyl (C=O) groups is 2. The molecule has 0 spiro atoms. The Morgan fingerprint density at radius 3 is 2.75 bits per heavy atom. The van der Waals surface area contributed by atoms with Gasteiger partial charge in [-0.15, -0.1) is 0 Å². The molecule has 1 rings (SSSR count). The SMILES string of the molecule is CNC(=O)c1ccc(N)cc1NCC(=O)NCCOC. The maximum atomic E-state index is 11.7. The van der Waals surface area contributed by atoms with Crippen LogP contribution in [0.1, 0.15) is 10.4 Å². The van der Waals surface area contributed by atoms with Gasteiger partial charge in [-0.2, -0.15) is 0 Å². The first-order valence-corrected chi connectivity index (χ1v) is 6.19. The highest BCUT2D eigenvalue weighted by molar-refractivity contribution is 6.00. The van der Waals surface area contributed by atoms with Gasteiger partial charge in [0.15, 0.2) is 0 Å². The van der Waals surface area contributed by atoms with Gasteiger partial charge in [-0.25, -0.2) is 0 Å². The molecule has 1 aromatic carbocycles. The highest BCUT2D eigenvalue weighted by atomic mass is 16.5. The van der Waals surface area contributed by atoms with E-state index >= 15 is 0 Å². The van der Waals surface area contributed by atoms with E-state index in [0.717, 1.165) is 0 Å². The molecule has 20 heavy (non-hydrogen) atoms. The third kappa shape index (κ3) is 4.77. The lowest BCUT2D eigenvalue weighted by Crippen LogP contribution is -2.32. The molecule has 0 saturated heterocycles. The lowest BCUT2D eigenvalue weighted by atomic mass is 10.1. The summed E-state index contributed by atoms with van der Waals surface area (Å²) in [7, 11) is 3.10. The van der Waals surface area contributed by atoms with Gasteiger partial charge in [0.05, 0.1) is 18.7 Å². The number of nitrogen functional groups attached to an aromatic ring is 1. The van der Waals surface area contributed by atoms with Crippen molar-refractivity contribution in [1.82, 2.24) is 10.6 Å². The largest absolute Gasteiger partial charge is 0.399 e. The average molecular weight is 280 g/mol. The molecule has 0 saturated carbocycles. The highest BCUT2D eigenvalue weighted by Crippen LogP contribution is 2.18. The minimum Gasteiger partial charge on any atom is -0.399 e. The molecule has 0 atom stereocenters. The van der Waals surface area contributed by atoms with E-state index in [1.807, 2.05) is 0 Å². The monoisotopic (exact) mass is 280 g/mol. The van der Waals surface area contributed by atoms with Gasteiger partial charge < -0.3 is 26.4 Å². The second-order valence-corrected chi connectivity index (χ2v) is 4.08. The van der Waals surface area contributed by atoms with E-state index in [0.29, 0.717) is 30.1 Å². The number of hydrogen-bond acceptors (Lipinski definition) is 5. The summed E-state index contributed by atoms with van der Waals surface area (Å²) in [6, 6.07) is 4.86. The summed E-state index contributed by atoms with van der Waals surface area (Å²) in [5.74, 6) is -0.431. The number of methoxy groups -OCH3 is 1. The molecule has 0 unspecified atom stereocenters. The van der Waals surface area contributed by atoms with Crippen molar-refractivity contribution in [3.63, 3.8) is 0 Å². The number of nitrogens with one attached hydrogen (secondary N) is 3. The quantitative estimate of drug-likeness (QED) is 0.409. The standard InChI is InChI=1S/C13H20N4O3/c1-15-13(19)10-4-3-9(14)7-11(10)17-8-12(18)16-5-6-20-2/h3-4,7,17H,5-6,8,14H2,1-2H3,(H,15,19)(H,16,18). The van der Waals surface area contributed by atoms with Crippen LogP contribution in [0.15, 0.2) is 18.2 Å². The Kier molecular flexibility index (Phi) is 6.31. The summed E-state index contributed by atoms with van der Waals surface area (Å²) in [6.45, 7) is 0.945. The smallest absolute Gasteiger partial charge is 0.253 e.